The Bertz CT molecular complexity index is 396. The summed E-state index contributed by atoms with van der Waals surface area (Å²) in [7, 11) is 1.58. The van der Waals surface area contributed by atoms with Gasteiger partial charge in [0.2, 0.25) is 0 Å². The van der Waals surface area contributed by atoms with Crippen molar-refractivity contribution in [1.82, 2.24) is 10.3 Å². The van der Waals surface area contributed by atoms with Crippen LogP contribution < -0.4 is 5.32 Å². The van der Waals surface area contributed by atoms with Gasteiger partial charge in [0.15, 0.2) is 0 Å². The summed E-state index contributed by atoms with van der Waals surface area (Å²) in [5.41, 5.74) is -0.400. The summed E-state index contributed by atoms with van der Waals surface area (Å²) in [4.78, 5) is 3.84. The van der Waals surface area contributed by atoms with Gasteiger partial charge in [-0.1, -0.05) is 6.92 Å². The maximum Gasteiger partial charge on any atom is 0.416 e. The smallest absolute Gasteiger partial charge is 0.385 e. The highest BCUT2D eigenvalue weighted by Crippen LogP contribution is 2.35. The summed E-state index contributed by atoms with van der Waals surface area (Å²) in [6.45, 7) is 3.18. The van der Waals surface area contributed by atoms with Gasteiger partial charge < -0.3 is 10.1 Å². The van der Waals surface area contributed by atoms with Gasteiger partial charge in [-0.2, -0.15) is 13.2 Å². The van der Waals surface area contributed by atoms with Crippen LogP contribution in [0.3, 0.4) is 0 Å². The SMILES string of the molecule is CCCNC(CCCOC)c1cnccc1C(F)(F)F. The minimum absolute atomic E-state index is 0.213. The molecule has 6 heteroatoms. The number of hydrogen-bond acceptors (Lipinski definition) is 3. The van der Waals surface area contributed by atoms with Gasteiger partial charge in [0.1, 0.15) is 0 Å². The first-order chi connectivity index (χ1) is 9.50. The van der Waals surface area contributed by atoms with Crippen molar-refractivity contribution in [3.05, 3.63) is 29.6 Å². The van der Waals surface area contributed by atoms with E-state index in [0.717, 1.165) is 12.5 Å². The third-order valence-corrected chi connectivity index (χ3v) is 3.01. The van der Waals surface area contributed by atoms with Gasteiger partial charge in [-0.05, 0) is 37.4 Å². The highest BCUT2D eigenvalue weighted by molar-refractivity contribution is 5.29. The van der Waals surface area contributed by atoms with Gasteiger partial charge in [-0.3, -0.25) is 4.98 Å². The molecular weight excluding hydrogens is 269 g/mol. The second-order valence-corrected chi connectivity index (χ2v) is 4.60. The van der Waals surface area contributed by atoms with Crippen molar-refractivity contribution in [1.29, 1.82) is 0 Å². The van der Waals surface area contributed by atoms with Crippen molar-refractivity contribution in [3.8, 4) is 0 Å². The lowest BCUT2D eigenvalue weighted by Gasteiger charge is -2.22. The van der Waals surface area contributed by atoms with Crippen molar-refractivity contribution < 1.29 is 17.9 Å². The van der Waals surface area contributed by atoms with Gasteiger partial charge in [0.25, 0.3) is 0 Å². The van der Waals surface area contributed by atoms with Gasteiger partial charge in [0, 0.05) is 32.2 Å². The quantitative estimate of drug-likeness (QED) is 0.743. The van der Waals surface area contributed by atoms with Crippen LogP contribution in [0.2, 0.25) is 0 Å². The van der Waals surface area contributed by atoms with E-state index in [1.165, 1.54) is 12.4 Å². The van der Waals surface area contributed by atoms with E-state index in [1.807, 2.05) is 6.92 Å². The van der Waals surface area contributed by atoms with Crippen molar-refractivity contribution in [2.24, 2.45) is 0 Å². The molecule has 1 aromatic rings. The number of ether oxygens (including phenoxy) is 1. The number of pyridine rings is 1. The molecule has 0 bridgehead atoms. The number of hydrogen-bond donors (Lipinski definition) is 1. The molecule has 1 atom stereocenters. The summed E-state index contributed by atoms with van der Waals surface area (Å²) in [5.74, 6) is 0. The summed E-state index contributed by atoms with van der Waals surface area (Å²) >= 11 is 0. The van der Waals surface area contributed by atoms with Crippen molar-refractivity contribution in [2.45, 2.75) is 38.4 Å². The van der Waals surface area contributed by atoms with Gasteiger partial charge >= 0.3 is 6.18 Å². The Hall–Kier alpha value is -1.14. The summed E-state index contributed by atoms with van der Waals surface area (Å²) in [6.07, 6.45) is 0.280. The Morgan fingerprint density at radius 1 is 1.40 bits per heavy atom. The van der Waals surface area contributed by atoms with Crippen LogP contribution in [0, 0.1) is 0 Å². The van der Waals surface area contributed by atoms with E-state index >= 15 is 0 Å². The first kappa shape index (κ1) is 16.9. The maximum atomic E-state index is 13.0. The van der Waals surface area contributed by atoms with Crippen LogP contribution in [0.5, 0.6) is 0 Å². The zero-order valence-electron chi connectivity index (χ0n) is 11.8. The molecule has 0 aromatic carbocycles. The lowest BCUT2D eigenvalue weighted by atomic mass is 9.98. The second-order valence-electron chi connectivity index (χ2n) is 4.60. The van der Waals surface area contributed by atoms with Gasteiger partial charge in [-0.25, -0.2) is 0 Å². The van der Waals surface area contributed by atoms with Crippen molar-refractivity contribution in [2.75, 3.05) is 20.3 Å². The number of rotatable bonds is 8. The fraction of sp³-hybridized carbons (Fsp3) is 0.643. The Labute approximate surface area is 117 Å². The average Bonchev–Trinajstić information content (AvgIpc) is 2.42. The second kappa shape index (κ2) is 8.21. The van der Waals surface area contributed by atoms with Crippen LogP contribution >= 0.6 is 0 Å². The molecule has 0 saturated carbocycles. The molecule has 3 nitrogen and oxygen atoms in total. The molecule has 1 aromatic heterocycles. The van der Waals surface area contributed by atoms with Gasteiger partial charge in [0.05, 0.1) is 5.56 Å². The Morgan fingerprint density at radius 2 is 2.15 bits per heavy atom. The minimum Gasteiger partial charge on any atom is -0.385 e. The zero-order valence-corrected chi connectivity index (χ0v) is 11.8. The minimum atomic E-state index is -4.36. The van der Waals surface area contributed by atoms with Crippen molar-refractivity contribution in [3.63, 3.8) is 0 Å². The molecule has 0 radical (unpaired) electrons. The van der Waals surface area contributed by atoms with Crippen LogP contribution in [0.1, 0.15) is 43.4 Å². The van der Waals surface area contributed by atoms with E-state index in [-0.39, 0.29) is 11.6 Å². The lowest BCUT2D eigenvalue weighted by Crippen LogP contribution is -2.25. The number of nitrogens with one attached hydrogen (secondary N) is 1. The first-order valence-electron chi connectivity index (χ1n) is 6.74. The molecule has 0 saturated heterocycles. The topological polar surface area (TPSA) is 34.1 Å². The molecule has 0 amide bonds. The molecule has 0 spiro atoms. The third-order valence-electron chi connectivity index (χ3n) is 3.01. The monoisotopic (exact) mass is 290 g/mol. The summed E-state index contributed by atoms with van der Waals surface area (Å²) in [6, 6.07) is 0.683. The highest BCUT2D eigenvalue weighted by atomic mass is 19.4. The Morgan fingerprint density at radius 3 is 2.75 bits per heavy atom. The van der Waals surface area contributed by atoms with Crippen LogP contribution in [-0.2, 0) is 10.9 Å². The number of alkyl halides is 3. The van der Waals surface area contributed by atoms with Crippen molar-refractivity contribution >= 4 is 0 Å². The maximum absolute atomic E-state index is 13.0. The molecule has 1 N–H and O–H groups in total. The van der Waals surface area contributed by atoms with Crippen LogP contribution in [0.25, 0.3) is 0 Å². The summed E-state index contributed by atoms with van der Waals surface area (Å²) in [5, 5.41) is 3.16. The first-order valence-corrected chi connectivity index (χ1v) is 6.74. The predicted octanol–water partition coefficient (Wildman–Crippen LogP) is 3.57. The predicted molar refractivity (Wildman–Crippen MR) is 71.4 cm³/mol. The summed E-state index contributed by atoms with van der Waals surface area (Å²) < 4.78 is 44.1. The molecule has 1 unspecified atom stereocenters. The number of halogens is 3. The van der Waals surface area contributed by atoms with E-state index in [1.54, 1.807) is 7.11 Å². The Balaban J connectivity index is 2.94. The van der Waals surface area contributed by atoms with Gasteiger partial charge in [-0.15, -0.1) is 0 Å². The number of nitrogens with zero attached hydrogens (tertiary/aromatic N) is 1. The molecule has 0 fully saturated rings. The zero-order chi connectivity index (χ0) is 15.0. The van der Waals surface area contributed by atoms with E-state index in [4.69, 9.17) is 4.74 Å². The van der Waals surface area contributed by atoms with E-state index in [2.05, 4.69) is 10.3 Å². The Kier molecular flexibility index (Phi) is 6.95. The van der Waals surface area contributed by atoms with E-state index in [0.29, 0.717) is 26.0 Å². The lowest BCUT2D eigenvalue weighted by molar-refractivity contribution is -0.138. The molecule has 20 heavy (non-hydrogen) atoms. The normalized spacial score (nSPS) is 13.4. The van der Waals surface area contributed by atoms with E-state index < -0.39 is 11.7 Å². The molecule has 0 aliphatic carbocycles. The molecule has 1 rings (SSSR count). The fourth-order valence-electron chi connectivity index (χ4n) is 2.06. The van der Waals surface area contributed by atoms with E-state index in [9.17, 15) is 13.2 Å². The number of methoxy groups -OCH3 is 1. The largest absolute Gasteiger partial charge is 0.416 e. The molecule has 0 aliphatic heterocycles. The molecule has 1 heterocycles. The fourth-order valence-corrected chi connectivity index (χ4v) is 2.06. The molecular formula is C14H21F3N2O. The van der Waals surface area contributed by atoms with Crippen LogP contribution in [-0.4, -0.2) is 25.2 Å². The van der Waals surface area contributed by atoms with Crippen LogP contribution in [0.15, 0.2) is 18.5 Å². The third kappa shape index (κ3) is 5.09. The van der Waals surface area contributed by atoms with Crippen LogP contribution in [0.4, 0.5) is 13.2 Å². The average molecular weight is 290 g/mol. The molecule has 114 valence electrons. The number of aromatic nitrogens is 1. The standard InChI is InChI=1S/C14H21F3N2O/c1-3-7-19-13(5-4-9-20-2)11-10-18-8-6-12(11)14(15,16)17/h6,8,10,13,19H,3-5,7,9H2,1-2H3. The molecule has 0 aliphatic rings. The highest BCUT2D eigenvalue weighted by Gasteiger charge is 2.35.